The molecule has 0 spiro atoms. The van der Waals surface area contributed by atoms with Crippen LogP contribution in [0, 0.1) is 0 Å². The van der Waals surface area contributed by atoms with Gasteiger partial charge in [0.25, 0.3) is 0 Å². The Hall–Kier alpha value is 0.194. The number of hydrogen-bond acceptors (Lipinski definition) is 6. The fourth-order valence-corrected chi connectivity index (χ4v) is 3.56. The van der Waals surface area contributed by atoms with Crippen LogP contribution < -0.4 is 0 Å². The van der Waals surface area contributed by atoms with Crippen LogP contribution in [0.1, 0.15) is 25.7 Å². The first-order valence-electron chi connectivity index (χ1n) is 6.94. The van der Waals surface area contributed by atoms with Gasteiger partial charge >= 0.3 is 17.6 Å². The molecular weight excluding hydrogens is 296 g/mol. The van der Waals surface area contributed by atoms with Gasteiger partial charge in [-0.15, -0.1) is 0 Å². The summed E-state index contributed by atoms with van der Waals surface area (Å²) >= 11 is 0. The van der Waals surface area contributed by atoms with Crippen molar-refractivity contribution in [3.63, 3.8) is 0 Å². The van der Waals surface area contributed by atoms with Crippen molar-refractivity contribution < 1.29 is 26.6 Å². The second-order valence-corrected chi connectivity index (χ2v) is 10.8. The van der Waals surface area contributed by atoms with Crippen molar-refractivity contribution in [2.75, 3.05) is 41.7 Å². The van der Waals surface area contributed by atoms with Gasteiger partial charge < -0.3 is 26.6 Å². The van der Waals surface area contributed by atoms with Gasteiger partial charge in [0, 0.05) is 41.7 Å². The molecule has 0 bridgehead atoms. The summed E-state index contributed by atoms with van der Waals surface area (Å²) < 4.78 is 32.1. The van der Waals surface area contributed by atoms with E-state index in [4.69, 9.17) is 26.6 Å². The summed E-state index contributed by atoms with van der Waals surface area (Å²) in [7, 11) is 1.61. The Balaban J connectivity index is 3.54. The van der Waals surface area contributed by atoms with Crippen molar-refractivity contribution in [2.24, 2.45) is 0 Å². The number of rotatable bonds is 13. The standard InChI is InChI=1S/C12H30O6Si2/c1-13-19(5,6)17-11-9-7-8-10-12-18-20(14-2,15-3)16-4/h7-12H2,1-6H3. The maximum absolute atomic E-state index is 5.72. The van der Waals surface area contributed by atoms with Crippen molar-refractivity contribution in [2.45, 2.75) is 38.8 Å². The average molecular weight is 327 g/mol. The SMILES string of the molecule is CO[Si](C)(C)OCCCCCCO[Si](OC)(OC)OC. The smallest absolute Gasteiger partial charge is 0.398 e. The van der Waals surface area contributed by atoms with Crippen LogP contribution in [-0.2, 0) is 26.6 Å². The quantitative estimate of drug-likeness (QED) is 0.382. The molecule has 0 saturated heterocycles. The van der Waals surface area contributed by atoms with E-state index >= 15 is 0 Å². The summed E-state index contributed by atoms with van der Waals surface area (Å²) in [5.74, 6) is 0. The molecule has 0 radical (unpaired) electrons. The van der Waals surface area contributed by atoms with Crippen molar-refractivity contribution in [1.29, 1.82) is 0 Å². The fraction of sp³-hybridized carbons (Fsp3) is 1.00. The summed E-state index contributed by atoms with van der Waals surface area (Å²) in [5.41, 5.74) is 0. The van der Waals surface area contributed by atoms with E-state index < -0.39 is 17.6 Å². The molecule has 0 saturated carbocycles. The van der Waals surface area contributed by atoms with E-state index in [0.29, 0.717) is 6.61 Å². The van der Waals surface area contributed by atoms with Crippen LogP contribution in [0.2, 0.25) is 13.1 Å². The third kappa shape index (κ3) is 8.47. The Kier molecular flexibility index (Phi) is 11.0. The van der Waals surface area contributed by atoms with Crippen LogP contribution in [0.5, 0.6) is 0 Å². The number of unbranched alkanes of at least 4 members (excludes halogenated alkanes) is 3. The third-order valence-corrected chi connectivity index (χ3v) is 6.95. The molecule has 0 fully saturated rings. The molecule has 0 aromatic rings. The van der Waals surface area contributed by atoms with E-state index in [1.807, 2.05) is 13.1 Å². The molecule has 122 valence electrons. The third-order valence-electron chi connectivity index (χ3n) is 3.01. The summed E-state index contributed by atoms with van der Waals surface area (Å²) in [4.78, 5) is 0. The summed E-state index contributed by atoms with van der Waals surface area (Å²) in [6.07, 6.45) is 4.19. The maximum atomic E-state index is 5.72. The lowest BCUT2D eigenvalue weighted by Gasteiger charge is -2.22. The summed E-state index contributed by atoms with van der Waals surface area (Å²) in [6.45, 7) is 5.44. The van der Waals surface area contributed by atoms with Gasteiger partial charge in [-0.25, -0.2) is 0 Å². The largest absolute Gasteiger partial charge is 0.678 e. The minimum Gasteiger partial charge on any atom is -0.398 e. The molecule has 0 atom stereocenters. The van der Waals surface area contributed by atoms with E-state index in [1.165, 1.54) is 21.3 Å². The highest BCUT2D eigenvalue weighted by Crippen LogP contribution is 2.11. The number of hydrogen-bond donors (Lipinski definition) is 0. The second-order valence-electron chi connectivity index (χ2n) is 4.83. The second kappa shape index (κ2) is 10.9. The van der Waals surface area contributed by atoms with E-state index in [1.54, 1.807) is 7.11 Å². The van der Waals surface area contributed by atoms with E-state index in [-0.39, 0.29) is 0 Å². The van der Waals surface area contributed by atoms with Crippen LogP contribution in [0.4, 0.5) is 0 Å². The zero-order chi connectivity index (χ0) is 15.5. The molecule has 0 aliphatic heterocycles. The molecule has 0 aromatic carbocycles. The molecule has 8 heteroatoms. The highest BCUT2D eigenvalue weighted by molar-refractivity contribution is 6.64. The monoisotopic (exact) mass is 326 g/mol. The molecule has 0 amide bonds. The summed E-state index contributed by atoms with van der Waals surface area (Å²) in [5, 5.41) is 0. The molecule has 0 aliphatic carbocycles. The lowest BCUT2D eigenvalue weighted by molar-refractivity contribution is 0.00499. The minimum atomic E-state index is -2.86. The predicted octanol–water partition coefficient (Wildman–Crippen LogP) is 2.30. The molecule has 0 N–H and O–H groups in total. The fourth-order valence-electron chi connectivity index (χ4n) is 1.56. The normalized spacial score (nSPS) is 12.9. The zero-order valence-electron chi connectivity index (χ0n) is 13.7. The van der Waals surface area contributed by atoms with E-state index in [9.17, 15) is 0 Å². The predicted molar refractivity (Wildman–Crippen MR) is 81.6 cm³/mol. The molecule has 0 heterocycles. The molecule has 0 aliphatic rings. The van der Waals surface area contributed by atoms with Gasteiger partial charge in [-0.2, -0.15) is 0 Å². The van der Waals surface area contributed by atoms with Crippen molar-refractivity contribution in [1.82, 2.24) is 0 Å². The Morgan fingerprint density at radius 1 is 0.600 bits per heavy atom. The van der Waals surface area contributed by atoms with Crippen LogP contribution in [0.25, 0.3) is 0 Å². The van der Waals surface area contributed by atoms with Gasteiger partial charge in [-0.3, -0.25) is 0 Å². The Morgan fingerprint density at radius 2 is 1.05 bits per heavy atom. The molecule has 0 rings (SSSR count). The molecular formula is C12H30O6Si2. The zero-order valence-corrected chi connectivity index (χ0v) is 15.7. The van der Waals surface area contributed by atoms with Crippen LogP contribution in [0.15, 0.2) is 0 Å². The molecule has 6 nitrogen and oxygen atoms in total. The van der Waals surface area contributed by atoms with Crippen molar-refractivity contribution in [3.8, 4) is 0 Å². The summed E-state index contributed by atoms with van der Waals surface area (Å²) in [6, 6.07) is 0. The Bertz CT molecular complexity index is 228. The lowest BCUT2D eigenvalue weighted by atomic mass is 10.2. The molecule has 0 unspecified atom stereocenters. The first-order chi connectivity index (χ1) is 9.45. The van der Waals surface area contributed by atoms with Gasteiger partial charge in [0.2, 0.25) is 0 Å². The van der Waals surface area contributed by atoms with Gasteiger partial charge in [0.05, 0.1) is 0 Å². The molecule has 0 aromatic heterocycles. The van der Waals surface area contributed by atoms with Gasteiger partial charge in [0.1, 0.15) is 0 Å². The Labute approximate surface area is 125 Å². The molecule has 20 heavy (non-hydrogen) atoms. The minimum absolute atomic E-state index is 0.584. The lowest BCUT2D eigenvalue weighted by Crippen LogP contribution is -2.46. The first-order valence-corrected chi connectivity index (χ1v) is 11.4. The average Bonchev–Trinajstić information content (AvgIpc) is 2.46. The van der Waals surface area contributed by atoms with Crippen LogP contribution in [-0.4, -0.2) is 59.3 Å². The van der Waals surface area contributed by atoms with Gasteiger partial charge in [-0.05, 0) is 25.9 Å². The van der Waals surface area contributed by atoms with Gasteiger partial charge in [0.15, 0.2) is 0 Å². The maximum Gasteiger partial charge on any atom is 0.678 e. The topological polar surface area (TPSA) is 55.4 Å². The Morgan fingerprint density at radius 3 is 1.45 bits per heavy atom. The highest BCUT2D eigenvalue weighted by atomic mass is 28.4. The van der Waals surface area contributed by atoms with E-state index in [2.05, 4.69) is 0 Å². The van der Waals surface area contributed by atoms with Crippen LogP contribution >= 0.6 is 0 Å². The van der Waals surface area contributed by atoms with Gasteiger partial charge in [-0.1, -0.05) is 12.8 Å². The van der Waals surface area contributed by atoms with E-state index in [0.717, 1.165) is 32.3 Å². The van der Waals surface area contributed by atoms with Crippen molar-refractivity contribution in [3.05, 3.63) is 0 Å². The first kappa shape index (κ1) is 20.2. The highest BCUT2D eigenvalue weighted by Gasteiger charge is 2.41. The van der Waals surface area contributed by atoms with Crippen molar-refractivity contribution >= 4 is 17.6 Å². The van der Waals surface area contributed by atoms with Crippen LogP contribution in [0.3, 0.4) is 0 Å².